The normalized spacial score (nSPS) is 19.6. The maximum absolute atomic E-state index is 12.2. The van der Waals surface area contributed by atoms with Gasteiger partial charge in [0.1, 0.15) is 11.6 Å². The van der Waals surface area contributed by atoms with Gasteiger partial charge in [-0.15, -0.1) is 0 Å². The summed E-state index contributed by atoms with van der Waals surface area (Å²) in [5, 5.41) is 12.4. The number of benzene rings is 1. The van der Waals surface area contributed by atoms with Gasteiger partial charge < -0.3 is 10.2 Å². The number of anilines is 1. The predicted octanol–water partition coefficient (Wildman–Crippen LogP) is 2.46. The van der Waals surface area contributed by atoms with E-state index in [1.807, 2.05) is 6.07 Å². The second-order valence-electron chi connectivity index (χ2n) is 5.46. The van der Waals surface area contributed by atoms with E-state index < -0.39 is 15.7 Å². The fourth-order valence-electron chi connectivity index (χ4n) is 2.33. The molecule has 0 radical (unpaired) electrons. The van der Waals surface area contributed by atoms with Crippen LogP contribution in [0.1, 0.15) is 6.42 Å². The maximum atomic E-state index is 12.2. The molecule has 1 aromatic carbocycles. The number of nitrogens with zero attached hydrogens (tertiary/aromatic N) is 2. The zero-order valence-corrected chi connectivity index (χ0v) is 15.1. The number of carbonyl (C=O) groups is 1. The van der Waals surface area contributed by atoms with Crippen LogP contribution < -0.4 is 5.32 Å². The number of amides is 1. The Morgan fingerprint density at radius 3 is 2.75 bits per heavy atom. The molecule has 1 saturated heterocycles. The van der Waals surface area contributed by atoms with Crippen molar-refractivity contribution < 1.29 is 13.2 Å². The van der Waals surface area contributed by atoms with E-state index in [2.05, 4.69) is 5.32 Å². The van der Waals surface area contributed by atoms with E-state index >= 15 is 0 Å². The number of halogens is 2. The van der Waals surface area contributed by atoms with Crippen LogP contribution in [0.25, 0.3) is 0 Å². The first-order valence-electron chi connectivity index (χ1n) is 7.02. The summed E-state index contributed by atoms with van der Waals surface area (Å²) in [5.41, 5.74) is 0.138. The molecule has 0 bridgehead atoms. The minimum atomic E-state index is -3.05. The van der Waals surface area contributed by atoms with Crippen LogP contribution in [0.15, 0.2) is 30.0 Å². The zero-order chi connectivity index (χ0) is 17.9. The average Bonchev–Trinajstić information content (AvgIpc) is 2.88. The second kappa shape index (κ2) is 7.43. The Labute approximate surface area is 150 Å². The number of carbonyl (C=O) groups excluding carboxylic acids is 1. The van der Waals surface area contributed by atoms with Crippen LogP contribution in [-0.4, -0.2) is 43.8 Å². The van der Waals surface area contributed by atoms with Crippen LogP contribution in [0.2, 0.25) is 10.0 Å². The van der Waals surface area contributed by atoms with Crippen molar-refractivity contribution in [2.75, 3.05) is 23.9 Å². The summed E-state index contributed by atoms with van der Waals surface area (Å²) in [5.74, 6) is -0.517. The lowest BCUT2D eigenvalue weighted by molar-refractivity contribution is -0.112. The van der Waals surface area contributed by atoms with Crippen LogP contribution in [0.5, 0.6) is 0 Å². The van der Waals surface area contributed by atoms with Crippen molar-refractivity contribution in [2.45, 2.75) is 12.5 Å². The van der Waals surface area contributed by atoms with Crippen LogP contribution >= 0.6 is 23.2 Å². The minimum Gasteiger partial charge on any atom is -0.375 e. The number of nitriles is 1. The third kappa shape index (κ3) is 4.63. The monoisotopic (exact) mass is 387 g/mol. The van der Waals surface area contributed by atoms with Crippen LogP contribution in [0.4, 0.5) is 5.69 Å². The topological polar surface area (TPSA) is 90.3 Å². The Morgan fingerprint density at radius 1 is 1.46 bits per heavy atom. The van der Waals surface area contributed by atoms with E-state index in [-0.39, 0.29) is 23.1 Å². The number of sulfone groups is 1. The first-order valence-corrected chi connectivity index (χ1v) is 9.60. The first kappa shape index (κ1) is 18.6. The van der Waals surface area contributed by atoms with E-state index in [0.717, 1.165) is 0 Å². The fourth-order valence-corrected chi connectivity index (χ4v) is 4.45. The molecule has 1 heterocycles. The number of nitrogens with one attached hydrogen (secondary N) is 1. The molecule has 1 aliphatic heterocycles. The Balaban J connectivity index is 2.14. The van der Waals surface area contributed by atoms with E-state index in [1.54, 1.807) is 18.0 Å². The largest absolute Gasteiger partial charge is 0.375 e. The van der Waals surface area contributed by atoms with Crippen molar-refractivity contribution in [1.29, 1.82) is 5.26 Å². The van der Waals surface area contributed by atoms with Crippen LogP contribution in [-0.2, 0) is 14.6 Å². The molecule has 0 spiro atoms. The van der Waals surface area contributed by atoms with Crippen molar-refractivity contribution in [3.8, 4) is 6.07 Å². The molecule has 6 nitrogen and oxygen atoms in total. The average molecular weight is 388 g/mol. The summed E-state index contributed by atoms with van der Waals surface area (Å²) < 4.78 is 23.1. The Bertz CT molecular complexity index is 831. The van der Waals surface area contributed by atoms with Gasteiger partial charge >= 0.3 is 0 Å². The molecule has 9 heteroatoms. The quantitative estimate of drug-likeness (QED) is 0.632. The number of hydrogen-bond donors (Lipinski definition) is 1. The number of hydrogen-bond acceptors (Lipinski definition) is 5. The Kier molecular flexibility index (Phi) is 5.75. The second-order valence-corrected chi connectivity index (χ2v) is 8.53. The summed E-state index contributed by atoms with van der Waals surface area (Å²) in [6, 6.07) is 6.15. The van der Waals surface area contributed by atoms with Gasteiger partial charge in [-0.05, 0) is 24.6 Å². The third-order valence-electron chi connectivity index (χ3n) is 3.66. The Morgan fingerprint density at radius 2 is 2.17 bits per heavy atom. The third-order valence-corrected chi connectivity index (χ3v) is 5.97. The Hall–Kier alpha value is -1.75. The molecule has 1 fully saturated rings. The van der Waals surface area contributed by atoms with Gasteiger partial charge in [-0.25, -0.2) is 8.42 Å². The highest BCUT2D eigenvalue weighted by Gasteiger charge is 2.30. The molecule has 128 valence electrons. The van der Waals surface area contributed by atoms with Crippen LogP contribution in [0, 0.1) is 11.3 Å². The van der Waals surface area contributed by atoms with Gasteiger partial charge in [0.25, 0.3) is 5.91 Å². The standard InChI is InChI=1S/C15H15Cl2N3O3S/c1-20(12-4-5-24(22,23)9-12)8-10(7-18)15(21)19-14-6-11(16)2-3-13(14)17/h2-3,6,8,12H,4-5,9H2,1H3,(H,19,21)/b10-8-. The van der Waals surface area contributed by atoms with E-state index in [4.69, 9.17) is 23.2 Å². The van der Waals surface area contributed by atoms with Gasteiger partial charge in [0.05, 0.1) is 22.2 Å². The first-order chi connectivity index (χ1) is 11.2. The summed E-state index contributed by atoms with van der Waals surface area (Å²) in [6.07, 6.45) is 1.81. The maximum Gasteiger partial charge on any atom is 0.267 e. The smallest absolute Gasteiger partial charge is 0.267 e. The highest BCUT2D eigenvalue weighted by atomic mass is 35.5. The summed E-state index contributed by atoms with van der Waals surface area (Å²) >= 11 is 11.8. The molecule has 0 aliphatic carbocycles. The predicted molar refractivity (Wildman–Crippen MR) is 93.6 cm³/mol. The van der Waals surface area contributed by atoms with Gasteiger partial charge in [0, 0.05) is 24.3 Å². The van der Waals surface area contributed by atoms with E-state index in [0.29, 0.717) is 22.2 Å². The summed E-state index contributed by atoms with van der Waals surface area (Å²) in [4.78, 5) is 13.8. The molecule has 2 rings (SSSR count). The molecular weight excluding hydrogens is 373 g/mol. The van der Waals surface area contributed by atoms with Gasteiger partial charge in [0.15, 0.2) is 9.84 Å². The van der Waals surface area contributed by atoms with Gasteiger partial charge in [0.2, 0.25) is 0 Å². The fraction of sp³-hybridized carbons (Fsp3) is 0.333. The number of rotatable bonds is 4. The van der Waals surface area contributed by atoms with Gasteiger partial charge in [-0.2, -0.15) is 5.26 Å². The lowest BCUT2D eigenvalue weighted by Gasteiger charge is -2.21. The lowest BCUT2D eigenvalue weighted by atomic mass is 10.2. The molecule has 0 aromatic heterocycles. The molecule has 1 unspecified atom stereocenters. The summed E-state index contributed by atoms with van der Waals surface area (Å²) in [7, 11) is -1.41. The summed E-state index contributed by atoms with van der Waals surface area (Å²) in [6.45, 7) is 0. The minimum absolute atomic E-state index is 0.0143. The molecule has 1 aliphatic rings. The van der Waals surface area contributed by atoms with Crippen molar-refractivity contribution in [2.24, 2.45) is 0 Å². The molecule has 1 aromatic rings. The molecule has 0 saturated carbocycles. The van der Waals surface area contributed by atoms with Crippen LogP contribution in [0.3, 0.4) is 0 Å². The van der Waals surface area contributed by atoms with E-state index in [9.17, 15) is 18.5 Å². The van der Waals surface area contributed by atoms with Crippen molar-refractivity contribution in [1.82, 2.24) is 4.90 Å². The lowest BCUT2D eigenvalue weighted by Crippen LogP contribution is -2.29. The molecular formula is C15H15Cl2N3O3S. The van der Waals surface area contributed by atoms with Crippen molar-refractivity contribution in [3.05, 3.63) is 40.0 Å². The highest BCUT2D eigenvalue weighted by Crippen LogP contribution is 2.26. The molecule has 1 atom stereocenters. The highest BCUT2D eigenvalue weighted by molar-refractivity contribution is 7.91. The van der Waals surface area contributed by atoms with E-state index in [1.165, 1.54) is 18.3 Å². The molecule has 1 amide bonds. The molecule has 1 N–H and O–H groups in total. The SMILES string of the molecule is CN(/C=C(/C#N)C(=O)Nc1cc(Cl)ccc1Cl)C1CCS(=O)(=O)C1. The van der Waals surface area contributed by atoms with Gasteiger partial charge in [-0.1, -0.05) is 23.2 Å². The van der Waals surface area contributed by atoms with Crippen molar-refractivity contribution in [3.63, 3.8) is 0 Å². The van der Waals surface area contributed by atoms with Crippen molar-refractivity contribution >= 4 is 44.6 Å². The molecule has 24 heavy (non-hydrogen) atoms. The zero-order valence-electron chi connectivity index (χ0n) is 12.8. The van der Waals surface area contributed by atoms with Gasteiger partial charge in [-0.3, -0.25) is 4.79 Å².